The predicted octanol–water partition coefficient (Wildman–Crippen LogP) is 3.79. The molecule has 0 aliphatic heterocycles. The zero-order valence-corrected chi connectivity index (χ0v) is 15.6. The van der Waals surface area contributed by atoms with Gasteiger partial charge in [0.2, 0.25) is 5.91 Å². The Morgan fingerprint density at radius 2 is 1.67 bits per heavy atom. The van der Waals surface area contributed by atoms with Crippen molar-refractivity contribution >= 4 is 17.7 Å². The fourth-order valence-corrected chi connectivity index (χ4v) is 4.72. The fraction of sp³-hybridized carbons (Fsp3) is 0.833. The SMILES string of the molecule is Cn1c(SCC(=O)NC2CCCCCC2)nnc1C1CCCCC1. The van der Waals surface area contributed by atoms with Crippen LogP contribution in [0.15, 0.2) is 5.16 Å². The van der Waals surface area contributed by atoms with Crippen molar-refractivity contribution in [2.24, 2.45) is 7.05 Å². The second-order valence-corrected chi connectivity index (χ2v) is 8.22. The molecule has 5 nitrogen and oxygen atoms in total. The van der Waals surface area contributed by atoms with E-state index in [1.807, 2.05) is 7.05 Å². The van der Waals surface area contributed by atoms with E-state index >= 15 is 0 Å². The summed E-state index contributed by atoms with van der Waals surface area (Å²) < 4.78 is 2.10. The van der Waals surface area contributed by atoms with Crippen LogP contribution < -0.4 is 5.32 Å². The average molecular weight is 351 g/mol. The monoisotopic (exact) mass is 350 g/mol. The van der Waals surface area contributed by atoms with Crippen LogP contribution in [0.25, 0.3) is 0 Å². The highest BCUT2D eigenvalue weighted by atomic mass is 32.2. The molecule has 1 aromatic heterocycles. The molecule has 3 rings (SSSR count). The largest absolute Gasteiger partial charge is 0.353 e. The number of amides is 1. The van der Waals surface area contributed by atoms with Gasteiger partial charge >= 0.3 is 0 Å². The van der Waals surface area contributed by atoms with Crippen LogP contribution in [0.1, 0.15) is 82.4 Å². The highest BCUT2D eigenvalue weighted by Crippen LogP contribution is 2.32. The lowest BCUT2D eigenvalue weighted by molar-refractivity contribution is -0.119. The number of thioether (sulfide) groups is 1. The van der Waals surface area contributed by atoms with E-state index in [0.717, 1.165) is 23.8 Å². The second kappa shape index (κ2) is 8.88. The van der Waals surface area contributed by atoms with Crippen molar-refractivity contribution in [3.8, 4) is 0 Å². The number of nitrogens with zero attached hydrogens (tertiary/aromatic N) is 3. The first-order valence-electron chi connectivity index (χ1n) is 9.55. The first-order chi connectivity index (χ1) is 11.7. The Kier molecular flexibility index (Phi) is 6.58. The van der Waals surface area contributed by atoms with E-state index in [2.05, 4.69) is 20.1 Å². The van der Waals surface area contributed by atoms with E-state index in [-0.39, 0.29) is 5.91 Å². The molecule has 1 amide bonds. The summed E-state index contributed by atoms with van der Waals surface area (Å²) in [5, 5.41) is 12.8. The van der Waals surface area contributed by atoms with Gasteiger partial charge in [-0.2, -0.15) is 0 Å². The number of hydrogen-bond donors (Lipinski definition) is 1. The molecule has 0 saturated heterocycles. The van der Waals surface area contributed by atoms with Crippen LogP contribution in [-0.2, 0) is 11.8 Å². The molecule has 0 aromatic carbocycles. The summed E-state index contributed by atoms with van der Waals surface area (Å²) >= 11 is 1.51. The Hall–Kier alpha value is -1.04. The number of carbonyl (C=O) groups is 1. The van der Waals surface area contributed by atoms with Crippen LogP contribution in [0.2, 0.25) is 0 Å². The number of aromatic nitrogens is 3. The molecule has 134 valence electrons. The topological polar surface area (TPSA) is 59.8 Å². The molecule has 24 heavy (non-hydrogen) atoms. The Bertz CT molecular complexity index is 531. The lowest BCUT2D eigenvalue weighted by atomic mass is 9.89. The van der Waals surface area contributed by atoms with Crippen molar-refractivity contribution in [3.63, 3.8) is 0 Å². The molecule has 6 heteroatoms. The number of nitrogens with one attached hydrogen (secondary N) is 1. The molecule has 1 N–H and O–H groups in total. The fourth-order valence-electron chi connectivity index (χ4n) is 3.99. The van der Waals surface area contributed by atoms with Gasteiger partial charge in [0.05, 0.1) is 5.75 Å². The summed E-state index contributed by atoms with van der Waals surface area (Å²) in [5.74, 6) is 2.22. The quantitative estimate of drug-likeness (QED) is 0.648. The minimum atomic E-state index is 0.133. The van der Waals surface area contributed by atoms with Gasteiger partial charge in [-0.05, 0) is 25.7 Å². The van der Waals surface area contributed by atoms with Gasteiger partial charge in [-0.25, -0.2) is 0 Å². The van der Waals surface area contributed by atoms with Crippen molar-refractivity contribution in [3.05, 3.63) is 5.82 Å². The van der Waals surface area contributed by atoms with Crippen LogP contribution in [0.5, 0.6) is 0 Å². The van der Waals surface area contributed by atoms with Crippen LogP contribution >= 0.6 is 11.8 Å². The molecule has 2 aliphatic carbocycles. The van der Waals surface area contributed by atoms with Gasteiger partial charge in [-0.3, -0.25) is 4.79 Å². The molecule has 1 aromatic rings. The van der Waals surface area contributed by atoms with E-state index < -0.39 is 0 Å². The lowest BCUT2D eigenvalue weighted by Crippen LogP contribution is -2.35. The first-order valence-corrected chi connectivity index (χ1v) is 10.5. The normalized spacial score (nSPS) is 20.7. The smallest absolute Gasteiger partial charge is 0.230 e. The van der Waals surface area contributed by atoms with Gasteiger partial charge < -0.3 is 9.88 Å². The van der Waals surface area contributed by atoms with Gasteiger partial charge in [0.1, 0.15) is 5.82 Å². The van der Waals surface area contributed by atoms with Crippen LogP contribution in [-0.4, -0.2) is 32.5 Å². The Balaban J connectivity index is 1.49. The first kappa shape index (κ1) is 17.8. The van der Waals surface area contributed by atoms with Crippen molar-refractivity contribution in [1.29, 1.82) is 0 Å². The standard InChI is InChI=1S/C18H30N4OS/c1-22-17(14-9-5-4-6-10-14)20-21-18(22)24-13-16(23)19-15-11-7-2-3-8-12-15/h14-15H,2-13H2,1H3,(H,19,23). The van der Waals surface area contributed by atoms with Crippen molar-refractivity contribution in [2.75, 3.05) is 5.75 Å². The van der Waals surface area contributed by atoms with E-state index in [1.54, 1.807) is 0 Å². The predicted molar refractivity (Wildman–Crippen MR) is 97.2 cm³/mol. The summed E-state index contributed by atoms with van der Waals surface area (Å²) in [6.45, 7) is 0. The molecule has 0 spiro atoms. The molecule has 2 saturated carbocycles. The number of rotatable bonds is 5. The maximum atomic E-state index is 12.2. The third-order valence-electron chi connectivity index (χ3n) is 5.39. The van der Waals surface area contributed by atoms with Gasteiger partial charge in [-0.15, -0.1) is 10.2 Å². The van der Waals surface area contributed by atoms with E-state index in [9.17, 15) is 4.79 Å². The summed E-state index contributed by atoms with van der Waals surface area (Å²) in [4.78, 5) is 12.2. The molecule has 2 fully saturated rings. The van der Waals surface area contributed by atoms with E-state index in [0.29, 0.717) is 17.7 Å². The van der Waals surface area contributed by atoms with Crippen LogP contribution in [0, 0.1) is 0 Å². The maximum Gasteiger partial charge on any atom is 0.230 e. The zero-order valence-electron chi connectivity index (χ0n) is 14.8. The van der Waals surface area contributed by atoms with Crippen molar-refractivity contribution in [2.45, 2.75) is 87.7 Å². The number of hydrogen-bond acceptors (Lipinski definition) is 4. The maximum absolute atomic E-state index is 12.2. The molecule has 2 aliphatic rings. The van der Waals surface area contributed by atoms with Gasteiger partial charge in [0.25, 0.3) is 0 Å². The van der Waals surface area contributed by atoms with E-state index in [1.165, 1.54) is 69.5 Å². The Labute approximate surface area is 149 Å². The highest BCUT2D eigenvalue weighted by Gasteiger charge is 2.22. The minimum Gasteiger partial charge on any atom is -0.353 e. The van der Waals surface area contributed by atoms with Crippen LogP contribution in [0.4, 0.5) is 0 Å². The lowest BCUT2D eigenvalue weighted by Gasteiger charge is -2.20. The summed E-state index contributed by atoms with van der Waals surface area (Å²) in [7, 11) is 2.04. The van der Waals surface area contributed by atoms with Crippen molar-refractivity contribution < 1.29 is 4.79 Å². The summed E-state index contributed by atoms with van der Waals surface area (Å²) in [5.41, 5.74) is 0. The zero-order chi connectivity index (χ0) is 16.8. The molecule has 1 heterocycles. The molecular weight excluding hydrogens is 320 g/mol. The van der Waals surface area contributed by atoms with Gasteiger partial charge in [-0.1, -0.05) is 56.7 Å². The highest BCUT2D eigenvalue weighted by molar-refractivity contribution is 7.99. The second-order valence-electron chi connectivity index (χ2n) is 7.28. The minimum absolute atomic E-state index is 0.133. The molecular formula is C18H30N4OS. The Morgan fingerprint density at radius 3 is 2.38 bits per heavy atom. The third-order valence-corrected chi connectivity index (χ3v) is 6.41. The summed E-state index contributed by atoms with van der Waals surface area (Å²) in [6.07, 6.45) is 13.7. The Morgan fingerprint density at radius 1 is 1.04 bits per heavy atom. The van der Waals surface area contributed by atoms with Gasteiger partial charge in [0.15, 0.2) is 5.16 Å². The third kappa shape index (κ3) is 4.74. The van der Waals surface area contributed by atoms with Crippen molar-refractivity contribution in [1.82, 2.24) is 20.1 Å². The molecule has 0 atom stereocenters. The molecule has 0 radical (unpaired) electrons. The van der Waals surface area contributed by atoms with Crippen LogP contribution in [0.3, 0.4) is 0 Å². The summed E-state index contributed by atoms with van der Waals surface area (Å²) in [6, 6.07) is 0.373. The average Bonchev–Trinajstić information content (AvgIpc) is 2.79. The number of carbonyl (C=O) groups excluding carboxylic acids is 1. The van der Waals surface area contributed by atoms with E-state index in [4.69, 9.17) is 0 Å². The molecule has 0 bridgehead atoms. The molecule has 0 unspecified atom stereocenters. The van der Waals surface area contributed by atoms with Gasteiger partial charge in [0, 0.05) is 19.0 Å².